The van der Waals surface area contributed by atoms with Gasteiger partial charge in [-0.05, 0) is 68.3 Å². The molecule has 6 heteroatoms. The number of ether oxygens (including phenoxy) is 1. The zero-order valence-corrected chi connectivity index (χ0v) is 17.3. The number of esters is 1. The van der Waals surface area contributed by atoms with Gasteiger partial charge in [-0.25, -0.2) is 4.79 Å². The fraction of sp³-hybridized carbons (Fsp3) is 0.429. The lowest BCUT2D eigenvalue weighted by atomic mass is 9.95. The third kappa shape index (κ3) is 5.30. The number of hydrogen-bond acceptors (Lipinski definition) is 4. The fourth-order valence-electron chi connectivity index (χ4n) is 3.42. The van der Waals surface area contributed by atoms with Gasteiger partial charge in [0, 0.05) is 11.4 Å². The first-order chi connectivity index (χ1) is 13.2. The minimum absolute atomic E-state index is 0.275. The number of methoxy groups -OCH3 is 1. The molecule has 0 bridgehead atoms. The lowest BCUT2D eigenvalue weighted by Gasteiger charge is -2.12. The number of nitrogens with one attached hydrogen (secondary N) is 2. The predicted molar refractivity (Wildman–Crippen MR) is 116 cm³/mol. The van der Waals surface area contributed by atoms with Crippen LogP contribution in [0.3, 0.4) is 0 Å². The van der Waals surface area contributed by atoms with Crippen molar-refractivity contribution in [1.82, 2.24) is 5.32 Å². The van der Waals surface area contributed by atoms with E-state index in [1.807, 2.05) is 6.07 Å². The first kappa shape index (κ1) is 19.8. The van der Waals surface area contributed by atoms with Crippen LogP contribution in [0.5, 0.6) is 0 Å². The van der Waals surface area contributed by atoms with Crippen molar-refractivity contribution in [1.29, 1.82) is 0 Å². The second-order valence-electron chi connectivity index (χ2n) is 6.73. The number of thiophene rings is 1. The van der Waals surface area contributed by atoms with E-state index < -0.39 is 0 Å². The van der Waals surface area contributed by atoms with Gasteiger partial charge in [0.05, 0.1) is 12.7 Å². The van der Waals surface area contributed by atoms with Crippen LogP contribution in [-0.4, -0.2) is 24.7 Å². The maximum atomic E-state index is 12.3. The van der Waals surface area contributed by atoms with Crippen molar-refractivity contribution in [3.05, 3.63) is 51.9 Å². The molecule has 3 rings (SSSR count). The van der Waals surface area contributed by atoms with E-state index in [-0.39, 0.29) is 5.97 Å². The maximum absolute atomic E-state index is 12.3. The Morgan fingerprint density at radius 1 is 1.19 bits per heavy atom. The molecule has 0 saturated carbocycles. The fourth-order valence-corrected chi connectivity index (χ4v) is 4.97. The smallest absolute Gasteiger partial charge is 0.341 e. The standard InChI is InChI=1S/C21H26N2O2S2/c1-25-20(24)18-16-12-5-6-13-17(16)27-19(18)23-21(26)22-14-8-7-11-15-9-3-2-4-10-15/h2-4,9-10H,5-8,11-14H2,1H3,(H2,22,23,26). The van der Waals surface area contributed by atoms with Gasteiger partial charge in [-0.15, -0.1) is 11.3 Å². The van der Waals surface area contributed by atoms with E-state index in [2.05, 4.69) is 34.9 Å². The van der Waals surface area contributed by atoms with E-state index in [0.717, 1.165) is 55.6 Å². The highest BCUT2D eigenvalue weighted by Gasteiger charge is 2.26. The van der Waals surface area contributed by atoms with Crippen LogP contribution in [0.1, 0.15) is 52.0 Å². The number of fused-ring (bicyclic) bond motifs is 1. The molecule has 0 spiro atoms. The van der Waals surface area contributed by atoms with Crippen molar-refractivity contribution in [3.63, 3.8) is 0 Å². The molecule has 2 aromatic rings. The lowest BCUT2D eigenvalue weighted by molar-refractivity contribution is 0.0601. The number of thiocarbonyl (C=S) groups is 1. The summed E-state index contributed by atoms with van der Waals surface area (Å²) >= 11 is 7.07. The summed E-state index contributed by atoms with van der Waals surface area (Å²) < 4.78 is 5.00. The monoisotopic (exact) mass is 402 g/mol. The Morgan fingerprint density at radius 3 is 2.74 bits per heavy atom. The van der Waals surface area contributed by atoms with Crippen molar-refractivity contribution >= 4 is 39.6 Å². The molecule has 1 aromatic heterocycles. The molecule has 4 nitrogen and oxygen atoms in total. The van der Waals surface area contributed by atoms with Crippen LogP contribution in [0, 0.1) is 0 Å². The summed E-state index contributed by atoms with van der Waals surface area (Å²) in [6, 6.07) is 10.5. The Kier molecular flexibility index (Phi) is 7.24. The molecule has 0 saturated heterocycles. The van der Waals surface area contributed by atoms with Crippen molar-refractivity contribution in [3.8, 4) is 0 Å². The largest absolute Gasteiger partial charge is 0.465 e. The average Bonchev–Trinajstić information content (AvgIpc) is 3.05. The summed E-state index contributed by atoms with van der Waals surface area (Å²) in [5, 5.41) is 7.87. The predicted octanol–water partition coefficient (Wildman–Crippen LogP) is 4.72. The molecule has 2 N–H and O–H groups in total. The Morgan fingerprint density at radius 2 is 1.96 bits per heavy atom. The average molecular weight is 403 g/mol. The summed E-state index contributed by atoms with van der Waals surface area (Å²) in [5.41, 5.74) is 3.18. The molecule has 0 radical (unpaired) electrons. The lowest BCUT2D eigenvalue weighted by Crippen LogP contribution is -2.29. The molecule has 0 atom stereocenters. The summed E-state index contributed by atoms with van der Waals surface area (Å²) in [6.07, 6.45) is 7.51. The van der Waals surface area contributed by atoms with E-state index in [9.17, 15) is 4.79 Å². The second kappa shape index (κ2) is 9.85. The number of benzene rings is 1. The highest BCUT2D eigenvalue weighted by atomic mass is 32.1. The van der Waals surface area contributed by atoms with Gasteiger partial charge in [-0.1, -0.05) is 30.3 Å². The van der Waals surface area contributed by atoms with Crippen LogP contribution in [0.15, 0.2) is 30.3 Å². The van der Waals surface area contributed by atoms with Crippen LogP contribution >= 0.6 is 23.6 Å². The third-order valence-corrected chi connectivity index (χ3v) is 6.26. The summed E-state index contributed by atoms with van der Waals surface area (Å²) in [7, 11) is 1.43. The molecule has 1 aliphatic carbocycles. The first-order valence-corrected chi connectivity index (χ1v) is 10.7. The summed E-state index contributed by atoms with van der Waals surface area (Å²) in [4.78, 5) is 13.6. The molecule has 27 heavy (non-hydrogen) atoms. The van der Waals surface area contributed by atoms with Crippen LogP contribution in [0.2, 0.25) is 0 Å². The normalized spacial score (nSPS) is 12.9. The zero-order chi connectivity index (χ0) is 19.1. The highest BCUT2D eigenvalue weighted by Crippen LogP contribution is 2.38. The van der Waals surface area contributed by atoms with Gasteiger partial charge in [0.15, 0.2) is 5.11 Å². The van der Waals surface area contributed by atoms with E-state index in [1.165, 1.54) is 24.0 Å². The molecular formula is C21H26N2O2S2. The molecule has 1 heterocycles. The quantitative estimate of drug-likeness (QED) is 0.399. The van der Waals surface area contributed by atoms with E-state index in [1.54, 1.807) is 11.3 Å². The number of aryl methyl sites for hydroxylation is 2. The number of carbonyl (C=O) groups is 1. The second-order valence-corrected chi connectivity index (χ2v) is 8.24. The van der Waals surface area contributed by atoms with Gasteiger partial charge in [0.1, 0.15) is 5.00 Å². The molecule has 1 aromatic carbocycles. The number of carbonyl (C=O) groups excluding carboxylic acids is 1. The van der Waals surface area contributed by atoms with Gasteiger partial charge in [-0.2, -0.15) is 0 Å². The minimum atomic E-state index is -0.275. The van der Waals surface area contributed by atoms with Crippen molar-refractivity contribution in [2.75, 3.05) is 19.0 Å². The van der Waals surface area contributed by atoms with Crippen molar-refractivity contribution in [2.24, 2.45) is 0 Å². The van der Waals surface area contributed by atoms with Crippen LogP contribution in [0.25, 0.3) is 0 Å². The molecule has 0 unspecified atom stereocenters. The summed E-state index contributed by atoms with van der Waals surface area (Å²) in [6.45, 7) is 0.817. The Bertz CT molecular complexity index is 787. The first-order valence-electron chi connectivity index (χ1n) is 9.50. The molecule has 0 fully saturated rings. The highest BCUT2D eigenvalue weighted by molar-refractivity contribution is 7.80. The Labute approximate surface area is 170 Å². The van der Waals surface area contributed by atoms with Crippen molar-refractivity contribution in [2.45, 2.75) is 44.9 Å². The van der Waals surface area contributed by atoms with Crippen LogP contribution in [-0.2, 0) is 24.0 Å². The van der Waals surface area contributed by atoms with Gasteiger partial charge in [-0.3, -0.25) is 0 Å². The van der Waals surface area contributed by atoms with E-state index >= 15 is 0 Å². The molecule has 0 aliphatic heterocycles. The minimum Gasteiger partial charge on any atom is -0.465 e. The number of anilines is 1. The van der Waals surface area contributed by atoms with Crippen LogP contribution < -0.4 is 10.6 Å². The third-order valence-electron chi connectivity index (χ3n) is 4.81. The summed E-state index contributed by atoms with van der Waals surface area (Å²) in [5.74, 6) is -0.275. The van der Waals surface area contributed by atoms with E-state index in [0.29, 0.717) is 10.7 Å². The van der Waals surface area contributed by atoms with Crippen LogP contribution in [0.4, 0.5) is 5.00 Å². The molecule has 0 amide bonds. The molecule has 1 aliphatic rings. The molecular weight excluding hydrogens is 376 g/mol. The number of unbranched alkanes of at least 4 members (excludes halogenated alkanes) is 1. The SMILES string of the molecule is COC(=O)c1c(NC(=S)NCCCCc2ccccc2)sc2c1CCCC2. The van der Waals surface area contributed by atoms with Gasteiger partial charge in [0.25, 0.3) is 0 Å². The Hall–Kier alpha value is -1.92. The maximum Gasteiger partial charge on any atom is 0.341 e. The van der Waals surface area contributed by atoms with Gasteiger partial charge >= 0.3 is 5.97 Å². The molecule has 144 valence electrons. The van der Waals surface area contributed by atoms with Gasteiger partial charge in [0.2, 0.25) is 0 Å². The zero-order valence-electron chi connectivity index (χ0n) is 15.7. The van der Waals surface area contributed by atoms with E-state index in [4.69, 9.17) is 17.0 Å². The Balaban J connectivity index is 1.50. The number of rotatable bonds is 7. The number of hydrogen-bond donors (Lipinski definition) is 2. The topological polar surface area (TPSA) is 50.4 Å². The van der Waals surface area contributed by atoms with Gasteiger partial charge < -0.3 is 15.4 Å². The van der Waals surface area contributed by atoms with Crippen molar-refractivity contribution < 1.29 is 9.53 Å².